The van der Waals surface area contributed by atoms with Gasteiger partial charge in [0.1, 0.15) is 17.9 Å². The van der Waals surface area contributed by atoms with Crippen molar-refractivity contribution in [2.45, 2.75) is 38.6 Å². The van der Waals surface area contributed by atoms with Crippen LogP contribution in [0.1, 0.15) is 37.3 Å². The Balaban J connectivity index is 1.58. The number of urea groups is 1. The van der Waals surface area contributed by atoms with E-state index in [-0.39, 0.29) is 18.5 Å². The second kappa shape index (κ2) is 6.67. The maximum Gasteiger partial charge on any atom is 0.325 e. The minimum atomic E-state index is -0.669. The molecule has 130 valence electrons. The summed E-state index contributed by atoms with van der Waals surface area (Å²) in [5.74, 6) is 2.73. The molecule has 2 fully saturated rings. The van der Waals surface area contributed by atoms with Crippen LogP contribution in [-0.2, 0) is 4.79 Å². The van der Waals surface area contributed by atoms with Gasteiger partial charge in [0.05, 0.1) is 6.54 Å². The van der Waals surface area contributed by atoms with Gasteiger partial charge in [0.25, 0.3) is 5.91 Å². The second-order valence-corrected chi connectivity index (χ2v) is 7.90. The van der Waals surface area contributed by atoms with Gasteiger partial charge in [-0.05, 0) is 48.3 Å². The molecular formula is C18H24N2O3S. The van der Waals surface area contributed by atoms with Crippen molar-refractivity contribution in [1.29, 1.82) is 0 Å². The van der Waals surface area contributed by atoms with Gasteiger partial charge in [0.2, 0.25) is 0 Å². The molecule has 1 atom stereocenters. The maximum absolute atomic E-state index is 12.5. The van der Waals surface area contributed by atoms with Crippen LogP contribution in [0.4, 0.5) is 4.79 Å². The summed E-state index contributed by atoms with van der Waals surface area (Å²) >= 11 is 1.71. The Morgan fingerprint density at radius 2 is 2.17 bits per heavy atom. The maximum atomic E-state index is 12.5. The first-order chi connectivity index (χ1) is 11.4. The monoisotopic (exact) mass is 348 g/mol. The molecule has 0 aromatic heterocycles. The molecule has 3 rings (SSSR count). The fourth-order valence-corrected chi connectivity index (χ4v) is 4.68. The average molecular weight is 348 g/mol. The number of carbonyl (C=O) groups excluding carboxylic acids is 2. The molecule has 0 saturated carbocycles. The molecule has 0 aliphatic carbocycles. The predicted octanol–water partition coefficient (Wildman–Crippen LogP) is 2.92. The number of amides is 3. The molecule has 5 nitrogen and oxygen atoms in total. The zero-order valence-corrected chi connectivity index (χ0v) is 15.2. The molecule has 1 unspecified atom stereocenters. The standard InChI is InChI=1S/C18H24N2O3S/c1-12(2)15-5-4-14(10-13(15)3)23-8-7-20-16(21)18(19-17(20)22)6-9-24-11-18/h4-5,10,12H,6-9,11H2,1-3H3,(H,19,22). The van der Waals surface area contributed by atoms with Crippen molar-refractivity contribution in [1.82, 2.24) is 10.2 Å². The lowest BCUT2D eigenvalue weighted by Gasteiger charge is -2.19. The zero-order valence-electron chi connectivity index (χ0n) is 14.4. The van der Waals surface area contributed by atoms with Crippen LogP contribution < -0.4 is 10.1 Å². The highest BCUT2D eigenvalue weighted by Crippen LogP contribution is 2.33. The van der Waals surface area contributed by atoms with Crippen LogP contribution in [0.25, 0.3) is 0 Å². The third-order valence-corrected chi connectivity index (χ3v) is 5.90. The predicted molar refractivity (Wildman–Crippen MR) is 95.7 cm³/mol. The van der Waals surface area contributed by atoms with Crippen LogP contribution in [0, 0.1) is 6.92 Å². The quantitative estimate of drug-likeness (QED) is 0.831. The fourth-order valence-electron chi connectivity index (χ4n) is 3.35. The normalized spacial score (nSPS) is 23.4. The van der Waals surface area contributed by atoms with Crippen LogP contribution in [-0.4, -0.2) is 47.0 Å². The first kappa shape index (κ1) is 17.1. The molecule has 3 amide bonds. The zero-order chi connectivity index (χ0) is 17.3. The number of aryl methyl sites for hydroxylation is 1. The van der Waals surface area contributed by atoms with Crippen LogP contribution in [0.15, 0.2) is 18.2 Å². The highest BCUT2D eigenvalue weighted by atomic mass is 32.2. The van der Waals surface area contributed by atoms with Crippen molar-refractivity contribution >= 4 is 23.7 Å². The molecule has 1 N–H and O–H groups in total. The molecule has 1 aromatic carbocycles. The van der Waals surface area contributed by atoms with Gasteiger partial charge in [-0.25, -0.2) is 4.79 Å². The van der Waals surface area contributed by atoms with Crippen LogP contribution in [0.5, 0.6) is 5.75 Å². The molecule has 2 heterocycles. The van der Waals surface area contributed by atoms with Gasteiger partial charge in [0.15, 0.2) is 0 Å². The number of rotatable bonds is 5. The van der Waals surface area contributed by atoms with E-state index in [4.69, 9.17) is 4.74 Å². The Bertz CT molecular complexity index is 654. The molecule has 0 radical (unpaired) electrons. The van der Waals surface area contributed by atoms with Gasteiger partial charge in [-0.2, -0.15) is 11.8 Å². The Morgan fingerprint density at radius 3 is 2.79 bits per heavy atom. The lowest BCUT2D eigenvalue weighted by Crippen LogP contribution is -2.47. The van der Waals surface area contributed by atoms with E-state index in [0.717, 1.165) is 17.9 Å². The average Bonchev–Trinajstić information content (AvgIpc) is 3.08. The number of benzene rings is 1. The first-order valence-corrected chi connectivity index (χ1v) is 9.54. The highest BCUT2D eigenvalue weighted by Gasteiger charge is 2.52. The molecule has 1 aromatic rings. The summed E-state index contributed by atoms with van der Waals surface area (Å²) in [6.45, 7) is 6.99. The minimum absolute atomic E-state index is 0.104. The number of carbonyl (C=O) groups is 2. The van der Waals surface area contributed by atoms with E-state index in [2.05, 4.69) is 32.2 Å². The minimum Gasteiger partial charge on any atom is -0.492 e. The topological polar surface area (TPSA) is 58.6 Å². The number of ether oxygens (including phenoxy) is 1. The number of nitrogens with one attached hydrogen (secondary N) is 1. The first-order valence-electron chi connectivity index (χ1n) is 8.38. The summed E-state index contributed by atoms with van der Waals surface area (Å²) in [4.78, 5) is 25.9. The summed E-state index contributed by atoms with van der Waals surface area (Å²) in [5.41, 5.74) is 1.83. The molecule has 2 aliphatic heterocycles. The van der Waals surface area contributed by atoms with E-state index >= 15 is 0 Å². The number of nitrogens with zero attached hydrogens (tertiary/aromatic N) is 1. The van der Waals surface area contributed by atoms with Gasteiger partial charge >= 0.3 is 6.03 Å². The van der Waals surface area contributed by atoms with Crippen LogP contribution >= 0.6 is 11.8 Å². The smallest absolute Gasteiger partial charge is 0.325 e. The van der Waals surface area contributed by atoms with Gasteiger partial charge < -0.3 is 10.1 Å². The number of hydrogen-bond donors (Lipinski definition) is 1. The molecule has 2 aliphatic rings. The SMILES string of the molecule is Cc1cc(OCCN2C(=O)NC3(CCSC3)C2=O)ccc1C(C)C. The third kappa shape index (κ3) is 3.11. The van der Waals surface area contributed by atoms with Crippen molar-refractivity contribution in [3.8, 4) is 5.75 Å². The molecular weight excluding hydrogens is 324 g/mol. The summed E-state index contributed by atoms with van der Waals surface area (Å²) in [5, 5.41) is 2.87. The summed E-state index contributed by atoms with van der Waals surface area (Å²) < 4.78 is 5.75. The Kier molecular flexibility index (Phi) is 4.76. The summed E-state index contributed by atoms with van der Waals surface area (Å²) in [7, 11) is 0. The number of thioether (sulfide) groups is 1. The van der Waals surface area contributed by atoms with Gasteiger partial charge in [-0.15, -0.1) is 0 Å². The molecule has 1 spiro atoms. The summed E-state index contributed by atoms with van der Waals surface area (Å²) in [6, 6.07) is 5.74. The van der Waals surface area contributed by atoms with Crippen molar-refractivity contribution in [2.75, 3.05) is 24.7 Å². The lowest BCUT2D eigenvalue weighted by molar-refractivity contribution is -0.130. The largest absolute Gasteiger partial charge is 0.492 e. The van der Waals surface area contributed by atoms with E-state index in [1.54, 1.807) is 11.8 Å². The van der Waals surface area contributed by atoms with Gasteiger partial charge in [-0.3, -0.25) is 9.69 Å². The van der Waals surface area contributed by atoms with Crippen molar-refractivity contribution < 1.29 is 14.3 Å². The van der Waals surface area contributed by atoms with E-state index in [0.29, 0.717) is 18.3 Å². The molecule has 0 bridgehead atoms. The molecule has 2 saturated heterocycles. The van der Waals surface area contributed by atoms with E-state index in [1.165, 1.54) is 16.0 Å². The molecule has 6 heteroatoms. The van der Waals surface area contributed by atoms with E-state index < -0.39 is 5.54 Å². The van der Waals surface area contributed by atoms with Gasteiger partial charge in [0, 0.05) is 5.75 Å². The van der Waals surface area contributed by atoms with Gasteiger partial charge in [-0.1, -0.05) is 19.9 Å². The summed E-state index contributed by atoms with van der Waals surface area (Å²) in [6.07, 6.45) is 0.718. The van der Waals surface area contributed by atoms with E-state index in [9.17, 15) is 9.59 Å². The lowest BCUT2D eigenvalue weighted by atomic mass is 9.98. The Labute approximate surface area is 147 Å². The highest BCUT2D eigenvalue weighted by molar-refractivity contribution is 7.99. The van der Waals surface area contributed by atoms with Crippen LogP contribution in [0.3, 0.4) is 0 Å². The van der Waals surface area contributed by atoms with Crippen LogP contribution in [0.2, 0.25) is 0 Å². The van der Waals surface area contributed by atoms with E-state index in [1.807, 2.05) is 12.1 Å². The van der Waals surface area contributed by atoms with Crippen molar-refractivity contribution in [3.63, 3.8) is 0 Å². The fraction of sp³-hybridized carbons (Fsp3) is 0.556. The number of imide groups is 1. The Hall–Kier alpha value is -1.69. The molecule has 24 heavy (non-hydrogen) atoms. The van der Waals surface area contributed by atoms with Crippen molar-refractivity contribution in [3.05, 3.63) is 29.3 Å². The Morgan fingerprint density at radius 1 is 1.38 bits per heavy atom. The number of hydrogen-bond acceptors (Lipinski definition) is 4. The second-order valence-electron chi connectivity index (χ2n) is 6.79. The van der Waals surface area contributed by atoms with Crippen molar-refractivity contribution in [2.24, 2.45) is 0 Å². The third-order valence-electron chi connectivity index (χ3n) is 4.71.